The number of ketones is 1. The molecule has 38 heavy (non-hydrogen) atoms. The Balaban J connectivity index is 1.79. The number of carbonyl (C=O) groups excluding carboxylic acids is 3. The Bertz CT molecular complexity index is 1510. The van der Waals surface area contributed by atoms with Crippen molar-refractivity contribution in [2.75, 3.05) is 0 Å². The number of Topliss-reactive ketones (excluding diaryl/α,β-unsaturated/α-hetero) is 1. The number of thiophene rings is 2. The molecule has 0 aliphatic carbocycles. The van der Waals surface area contributed by atoms with Crippen molar-refractivity contribution in [2.24, 2.45) is 11.7 Å². The lowest BCUT2D eigenvalue weighted by atomic mass is 9.77. The third-order valence-corrected chi connectivity index (χ3v) is 8.66. The maximum Gasteiger partial charge on any atom is 0.269 e. The lowest BCUT2D eigenvalue weighted by Gasteiger charge is -2.30. The highest BCUT2D eigenvalue weighted by Gasteiger charge is 2.57. The fraction of sp³-hybridized carbons (Fsp3) is 0.148. The fourth-order valence-electron chi connectivity index (χ4n) is 5.16. The highest BCUT2D eigenvalue weighted by atomic mass is 35.5. The normalized spacial score (nSPS) is 20.8. The van der Waals surface area contributed by atoms with Crippen LogP contribution in [0.2, 0.25) is 5.02 Å². The lowest BCUT2D eigenvalue weighted by molar-refractivity contribution is -0.385. The first-order valence-electron chi connectivity index (χ1n) is 11.5. The van der Waals surface area contributed by atoms with Crippen molar-refractivity contribution in [3.8, 4) is 0 Å². The molecule has 0 saturated carbocycles. The Hall–Kier alpha value is -3.86. The van der Waals surface area contributed by atoms with Crippen LogP contribution in [0, 0.1) is 16.0 Å². The van der Waals surface area contributed by atoms with Gasteiger partial charge in [-0.25, -0.2) is 0 Å². The SMILES string of the molecule is NC(=O)C1C(c2ccc(Cl)cc2)C(C(=O)c2cccs2)C(c2cccc([N+](=O)[O-])c2)N1C(=O)c1cccs1. The van der Waals surface area contributed by atoms with Crippen LogP contribution in [-0.2, 0) is 4.79 Å². The van der Waals surface area contributed by atoms with Crippen LogP contribution < -0.4 is 5.73 Å². The number of hydrogen-bond acceptors (Lipinski definition) is 7. The summed E-state index contributed by atoms with van der Waals surface area (Å²) >= 11 is 8.57. The van der Waals surface area contributed by atoms with Crippen molar-refractivity contribution in [1.29, 1.82) is 0 Å². The Morgan fingerprint density at radius 3 is 2.13 bits per heavy atom. The Kier molecular flexibility index (Phi) is 7.11. The number of likely N-dealkylation sites (tertiary alicyclic amines) is 1. The highest BCUT2D eigenvalue weighted by molar-refractivity contribution is 7.12. The molecule has 2 aromatic heterocycles. The summed E-state index contributed by atoms with van der Waals surface area (Å²) in [5.74, 6) is -3.34. The quantitative estimate of drug-likeness (QED) is 0.175. The number of benzene rings is 2. The standard InChI is InChI=1S/C27H20ClN3O5S2/c28-17-10-8-15(9-11-17)21-22(25(32)19-6-2-12-37-19)23(16-4-1-5-18(14-16)31(35)36)30(24(21)26(29)33)27(34)20-7-3-13-38-20/h1-14,21-24H,(H2,29,33). The van der Waals surface area contributed by atoms with Crippen molar-refractivity contribution in [3.63, 3.8) is 0 Å². The first-order valence-corrected chi connectivity index (χ1v) is 13.6. The summed E-state index contributed by atoms with van der Waals surface area (Å²) in [6.07, 6.45) is 0. The first-order chi connectivity index (χ1) is 18.3. The molecule has 11 heteroatoms. The number of amides is 2. The van der Waals surface area contributed by atoms with Gasteiger partial charge in [0.15, 0.2) is 5.78 Å². The van der Waals surface area contributed by atoms with Crippen molar-refractivity contribution in [1.82, 2.24) is 4.90 Å². The molecule has 1 aliphatic heterocycles. The van der Waals surface area contributed by atoms with Crippen LogP contribution in [0.4, 0.5) is 5.69 Å². The van der Waals surface area contributed by atoms with Gasteiger partial charge in [0.25, 0.3) is 11.6 Å². The summed E-state index contributed by atoms with van der Waals surface area (Å²) in [5.41, 5.74) is 6.73. The van der Waals surface area contributed by atoms with E-state index >= 15 is 0 Å². The highest BCUT2D eigenvalue weighted by Crippen LogP contribution is 2.52. The Labute approximate surface area is 230 Å². The third-order valence-electron chi connectivity index (χ3n) is 6.67. The van der Waals surface area contributed by atoms with E-state index in [1.54, 1.807) is 65.4 Å². The Morgan fingerprint density at radius 2 is 1.55 bits per heavy atom. The van der Waals surface area contributed by atoms with Gasteiger partial charge in [-0.15, -0.1) is 22.7 Å². The number of primary amides is 1. The molecule has 1 saturated heterocycles. The zero-order valence-corrected chi connectivity index (χ0v) is 22.0. The predicted octanol–water partition coefficient (Wildman–Crippen LogP) is 5.71. The number of non-ortho nitro benzene ring substituents is 1. The summed E-state index contributed by atoms with van der Waals surface area (Å²) in [4.78, 5) is 54.5. The molecule has 3 heterocycles. The second-order valence-corrected chi connectivity index (χ2v) is 11.1. The van der Waals surface area contributed by atoms with E-state index in [4.69, 9.17) is 17.3 Å². The van der Waals surface area contributed by atoms with E-state index in [9.17, 15) is 24.5 Å². The average Bonchev–Trinajstić information content (AvgIpc) is 3.68. The number of nitro groups is 1. The maximum absolute atomic E-state index is 14.1. The van der Waals surface area contributed by atoms with Crippen LogP contribution in [0.25, 0.3) is 0 Å². The third kappa shape index (κ3) is 4.62. The molecule has 4 unspecified atom stereocenters. The van der Waals surface area contributed by atoms with E-state index in [0.717, 1.165) is 0 Å². The zero-order chi connectivity index (χ0) is 27.0. The van der Waals surface area contributed by atoms with Crippen LogP contribution in [0.1, 0.15) is 42.4 Å². The largest absolute Gasteiger partial charge is 0.368 e. The van der Waals surface area contributed by atoms with Crippen LogP contribution in [-0.4, -0.2) is 33.5 Å². The van der Waals surface area contributed by atoms with Crippen molar-refractivity contribution >= 4 is 57.6 Å². The molecule has 0 bridgehead atoms. The van der Waals surface area contributed by atoms with E-state index in [-0.39, 0.29) is 11.5 Å². The second-order valence-electron chi connectivity index (χ2n) is 8.78. The van der Waals surface area contributed by atoms with Crippen molar-refractivity contribution in [3.05, 3.63) is 120 Å². The lowest BCUT2D eigenvalue weighted by Crippen LogP contribution is -2.46. The number of rotatable bonds is 7. The van der Waals surface area contributed by atoms with Gasteiger partial charge in [-0.05, 0) is 46.2 Å². The van der Waals surface area contributed by atoms with Gasteiger partial charge < -0.3 is 10.6 Å². The van der Waals surface area contributed by atoms with Gasteiger partial charge in [-0.3, -0.25) is 24.5 Å². The average molecular weight is 566 g/mol. The Morgan fingerprint density at radius 1 is 0.895 bits per heavy atom. The molecule has 0 spiro atoms. The van der Waals surface area contributed by atoms with E-state index in [1.807, 2.05) is 0 Å². The molecule has 1 aliphatic rings. The van der Waals surface area contributed by atoms with Crippen LogP contribution in [0.15, 0.2) is 83.6 Å². The molecule has 2 aromatic carbocycles. The molecular weight excluding hydrogens is 546 g/mol. The minimum Gasteiger partial charge on any atom is -0.368 e. The number of carbonyl (C=O) groups is 3. The molecule has 0 radical (unpaired) electrons. The van der Waals surface area contributed by atoms with Crippen LogP contribution >= 0.6 is 34.3 Å². The van der Waals surface area contributed by atoms with E-state index < -0.39 is 40.7 Å². The minimum absolute atomic E-state index is 0.195. The molecule has 192 valence electrons. The zero-order valence-electron chi connectivity index (χ0n) is 19.6. The molecule has 5 rings (SSSR count). The molecular formula is C27H20ClN3O5S2. The van der Waals surface area contributed by atoms with Crippen LogP contribution in [0.5, 0.6) is 0 Å². The number of halogens is 1. The summed E-state index contributed by atoms with van der Waals surface area (Å²) < 4.78 is 0. The van der Waals surface area contributed by atoms with E-state index in [0.29, 0.717) is 25.9 Å². The molecule has 4 aromatic rings. The van der Waals surface area contributed by atoms with Gasteiger partial charge in [0, 0.05) is 23.1 Å². The molecule has 1 fully saturated rings. The van der Waals surface area contributed by atoms with Gasteiger partial charge in [-0.1, -0.05) is 48.0 Å². The van der Waals surface area contributed by atoms with Crippen molar-refractivity contribution < 1.29 is 19.3 Å². The summed E-state index contributed by atoms with van der Waals surface area (Å²) in [6, 6.07) is 17.1. The monoisotopic (exact) mass is 565 g/mol. The minimum atomic E-state index is -1.20. The fourth-order valence-corrected chi connectivity index (χ4v) is 6.67. The first kappa shape index (κ1) is 25.8. The van der Waals surface area contributed by atoms with Gasteiger partial charge >= 0.3 is 0 Å². The van der Waals surface area contributed by atoms with Gasteiger partial charge in [0.2, 0.25) is 5.91 Å². The molecule has 8 nitrogen and oxygen atoms in total. The van der Waals surface area contributed by atoms with Gasteiger partial charge in [0.05, 0.1) is 26.6 Å². The predicted molar refractivity (Wildman–Crippen MR) is 146 cm³/mol. The number of nitrogens with two attached hydrogens (primary N) is 1. The van der Waals surface area contributed by atoms with E-state index in [1.165, 1.54) is 45.8 Å². The summed E-state index contributed by atoms with van der Waals surface area (Å²) in [5, 5.41) is 15.6. The maximum atomic E-state index is 14.1. The van der Waals surface area contributed by atoms with Gasteiger partial charge in [0.1, 0.15) is 6.04 Å². The topological polar surface area (TPSA) is 124 Å². The van der Waals surface area contributed by atoms with Crippen molar-refractivity contribution in [2.45, 2.75) is 18.0 Å². The molecule has 4 atom stereocenters. The molecule has 2 N–H and O–H groups in total. The van der Waals surface area contributed by atoms with Gasteiger partial charge in [-0.2, -0.15) is 0 Å². The summed E-state index contributed by atoms with van der Waals surface area (Å²) in [6.45, 7) is 0. The smallest absolute Gasteiger partial charge is 0.269 e. The second kappa shape index (κ2) is 10.5. The van der Waals surface area contributed by atoms with Crippen LogP contribution in [0.3, 0.4) is 0 Å². The molecule has 2 amide bonds. The number of hydrogen-bond donors (Lipinski definition) is 1. The number of nitro benzene ring substituents is 1. The van der Waals surface area contributed by atoms with E-state index in [2.05, 4.69) is 0 Å². The summed E-state index contributed by atoms with van der Waals surface area (Å²) in [7, 11) is 0. The number of nitrogens with zero attached hydrogens (tertiary/aromatic N) is 2.